The number of hydrogen-bond acceptors (Lipinski definition) is 4. The first-order valence-electron chi connectivity index (χ1n) is 5.30. The minimum Gasteiger partial charge on any atom is -0.463 e. The Hall–Kier alpha value is -1.06. The van der Waals surface area contributed by atoms with Gasteiger partial charge in [0.15, 0.2) is 0 Å². The van der Waals surface area contributed by atoms with Gasteiger partial charge in [-0.2, -0.15) is 0 Å². The van der Waals surface area contributed by atoms with Crippen LogP contribution in [-0.4, -0.2) is 24.1 Å². The zero-order valence-electron chi connectivity index (χ0n) is 9.91. The molecule has 0 heterocycles. The van der Waals surface area contributed by atoms with Crippen LogP contribution in [-0.2, 0) is 19.1 Å². The van der Waals surface area contributed by atoms with Gasteiger partial charge in [-0.25, -0.2) is 0 Å². The molecule has 0 N–H and O–H groups in total. The van der Waals surface area contributed by atoms with Crippen molar-refractivity contribution in [2.24, 2.45) is 0 Å². The summed E-state index contributed by atoms with van der Waals surface area (Å²) >= 11 is 0. The summed E-state index contributed by atoms with van der Waals surface area (Å²) in [7, 11) is 0. The van der Waals surface area contributed by atoms with Gasteiger partial charge in [-0.3, -0.25) is 9.59 Å². The number of hydrogen-bond donors (Lipinski definition) is 0. The van der Waals surface area contributed by atoms with Crippen molar-refractivity contribution in [3.8, 4) is 0 Å². The summed E-state index contributed by atoms with van der Waals surface area (Å²) in [5.41, 5.74) is 0. The third-order valence-corrected chi connectivity index (χ3v) is 1.50. The smallest absolute Gasteiger partial charge is 0.306 e. The van der Waals surface area contributed by atoms with Gasteiger partial charge in [-0.1, -0.05) is 0 Å². The molecule has 0 aliphatic carbocycles. The van der Waals surface area contributed by atoms with E-state index in [1.165, 1.54) is 0 Å². The molecule has 88 valence electrons. The quantitative estimate of drug-likeness (QED) is 0.638. The van der Waals surface area contributed by atoms with Gasteiger partial charge in [-0.15, -0.1) is 0 Å². The van der Waals surface area contributed by atoms with E-state index in [1.807, 2.05) is 0 Å². The third kappa shape index (κ3) is 9.25. The molecule has 4 heteroatoms. The molecule has 0 saturated carbocycles. The summed E-state index contributed by atoms with van der Waals surface area (Å²) in [5, 5.41) is 0. The van der Waals surface area contributed by atoms with Crippen LogP contribution >= 0.6 is 0 Å². The van der Waals surface area contributed by atoms with E-state index in [9.17, 15) is 9.59 Å². The number of rotatable bonds is 6. The van der Waals surface area contributed by atoms with Crippen LogP contribution in [0.1, 0.15) is 47.0 Å². The van der Waals surface area contributed by atoms with Crippen molar-refractivity contribution in [2.75, 3.05) is 0 Å². The maximum atomic E-state index is 11.1. The molecule has 0 unspecified atom stereocenters. The van der Waals surface area contributed by atoms with E-state index in [2.05, 4.69) is 0 Å². The normalized spacial score (nSPS) is 10.5. The predicted molar refractivity (Wildman–Crippen MR) is 56.3 cm³/mol. The zero-order valence-corrected chi connectivity index (χ0v) is 9.91. The summed E-state index contributed by atoms with van der Waals surface area (Å²) in [4.78, 5) is 22.2. The predicted octanol–water partition coefficient (Wildman–Crippen LogP) is 2.06. The van der Waals surface area contributed by atoms with Gasteiger partial charge >= 0.3 is 11.9 Å². The van der Waals surface area contributed by atoms with E-state index in [0.717, 1.165) is 0 Å². The molecule has 4 nitrogen and oxygen atoms in total. The Bertz CT molecular complexity index is 187. The van der Waals surface area contributed by atoms with Gasteiger partial charge in [0.25, 0.3) is 0 Å². The van der Waals surface area contributed by atoms with Crippen LogP contribution in [0.25, 0.3) is 0 Å². The molecule has 0 bridgehead atoms. The zero-order chi connectivity index (χ0) is 11.8. The lowest BCUT2D eigenvalue weighted by atomic mass is 10.2. The van der Waals surface area contributed by atoms with E-state index in [-0.39, 0.29) is 37.0 Å². The van der Waals surface area contributed by atoms with Crippen LogP contribution in [0.5, 0.6) is 0 Å². The Morgan fingerprint density at radius 1 is 0.867 bits per heavy atom. The first-order valence-corrected chi connectivity index (χ1v) is 5.30. The first-order chi connectivity index (χ1) is 6.91. The molecule has 0 fully saturated rings. The molecule has 0 aromatic rings. The second kappa shape index (κ2) is 7.26. The highest BCUT2D eigenvalue weighted by molar-refractivity contribution is 5.72. The van der Waals surface area contributed by atoms with E-state index in [0.29, 0.717) is 6.42 Å². The van der Waals surface area contributed by atoms with Crippen LogP contribution in [0, 0.1) is 0 Å². The van der Waals surface area contributed by atoms with Crippen LogP contribution in [0.3, 0.4) is 0 Å². The molecular weight excluding hydrogens is 196 g/mol. The van der Waals surface area contributed by atoms with Gasteiger partial charge in [-0.05, 0) is 34.1 Å². The summed E-state index contributed by atoms with van der Waals surface area (Å²) in [6.07, 6.45) is 0.827. The molecule has 0 aliphatic heterocycles. The fourth-order valence-corrected chi connectivity index (χ4v) is 1.02. The van der Waals surface area contributed by atoms with Crippen molar-refractivity contribution < 1.29 is 19.1 Å². The van der Waals surface area contributed by atoms with Gasteiger partial charge in [0, 0.05) is 12.8 Å². The molecule has 0 aromatic carbocycles. The summed E-state index contributed by atoms with van der Waals surface area (Å²) in [6, 6.07) is 0. The summed E-state index contributed by atoms with van der Waals surface area (Å²) in [6.45, 7) is 7.19. The standard InChI is InChI=1S/C11H20O4/c1-8(2)14-10(12)6-5-7-11(13)15-9(3)4/h8-9H,5-7H2,1-4H3. The lowest BCUT2D eigenvalue weighted by molar-refractivity contribution is -0.149. The van der Waals surface area contributed by atoms with Gasteiger partial charge in [0.1, 0.15) is 0 Å². The maximum Gasteiger partial charge on any atom is 0.306 e. The van der Waals surface area contributed by atoms with Gasteiger partial charge < -0.3 is 9.47 Å². The Labute approximate surface area is 90.9 Å². The SMILES string of the molecule is CC(C)OC(=O)CCCC(=O)OC(C)C. The Balaban J connectivity index is 3.53. The molecule has 0 rings (SSSR count). The average Bonchev–Trinajstić information content (AvgIpc) is 2.00. The molecule has 0 atom stereocenters. The van der Waals surface area contributed by atoms with Crippen molar-refractivity contribution in [3.63, 3.8) is 0 Å². The fourth-order valence-electron chi connectivity index (χ4n) is 1.02. The Kier molecular flexibility index (Phi) is 6.75. The molecule has 0 aliphatic rings. The van der Waals surface area contributed by atoms with Crippen molar-refractivity contribution in [3.05, 3.63) is 0 Å². The second-order valence-corrected chi connectivity index (χ2v) is 3.93. The minimum absolute atomic E-state index is 0.0971. The van der Waals surface area contributed by atoms with Crippen molar-refractivity contribution in [2.45, 2.75) is 59.2 Å². The monoisotopic (exact) mass is 216 g/mol. The summed E-state index contributed by atoms with van der Waals surface area (Å²) in [5.74, 6) is -0.523. The largest absolute Gasteiger partial charge is 0.463 e. The fraction of sp³-hybridized carbons (Fsp3) is 0.818. The Morgan fingerprint density at radius 3 is 1.47 bits per heavy atom. The highest BCUT2D eigenvalue weighted by Gasteiger charge is 2.09. The van der Waals surface area contributed by atoms with Gasteiger partial charge in [0.05, 0.1) is 12.2 Å². The number of carbonyl (C=O) groups is 2. The number of carbonyl (C=O) groups excluding carboxylic acids is 2. The van der Waals surface area contributed by atoms with Crippen molar-refractivity contribution in [1.82, 2.24) is 0 Å². The van der Waals surface area contributed by atoms with E-state index in [4.69, 9.17) is 9.47 Å². The van der Waals surface area contributed by atoms with Crippen LogP contribution in [0.4, 0.5) is 0 Å². The molecule has 15 heavy (non-hydrogen) atoms. The first kappa shape index (κ1) is 13.9. The van der Waals surface area contributed by atoms with E-state index >= 15 is 0 Å². The highest BCUT2D eigenvalue weighted by Crippen LogP contribution is 2.03. The molecule has 0 radical (unpaired) electrons. The maximum absolute atomic E-state index is 11.1. The minimum atomic E-state index is -0.262. The topological polar surface area (TPSA) is 52.6 Å². The average molecular weight is 216 g/mol. The lowest BCUT2D eigenvalue weighted by Crippen LogP contribution is -2.14. The van der Waals surface area contributed by atoms with Crippen molar-refractivity contribution >= 4 is 11.9 Å². The third-order valence-electron chi connectivity index (χ3n) is 1.50. The van der Waals surface area contributed by atoms with Crippen LogP contribution in [0.15, 0.2) is 0 Å². The summed E-state index contributed by atoms with van der Waals surface area (Å²) < 4.78 is 9.84. The molecule has 0 amide bonds. The molecule has 0 spiro atoms. The molecule has 0 saturated heterocycles. The van der Waals surface area contributed by atoms with E-state index in [1.54, 1.807) is 27.7 Å². The number of esters is 2. The molecule has 0 aromatic heterocycles. The molecular formula is C11H20O4. The lowest BCUT2D eigenvalue weighted by Gasteiger charge is -2.08. The second-order valence-electron chi connectivity index (χ2n) is 3.93. The highest BCUT2D eigenvalue weighted by atomic mass is 16.5. The van der Waals surface area contributed by atoms with Crippen LogP contribution in [0.2, 0.25) is 0 Å². The van der Waals surface area contributed by atoms with Crippen LogP contribution < -0.4 is 0 Å². The van der Waals surface area contributed by atoms with E-state index < -0.39 is 0 Å². The van der Waals surface area contributed by atoms with Crippen molar-refractivity contribution in [1.29, 1.82) is 0 Å². The van der Waals surface area contributed by atoms with Gasteiger partial charge in [0.2, 0.25) is 0 Å². The Morgan fingerprint density at radius 2 is 1.20 bits per heavy atom. The number of ether oxygens (including phenoxy) is 2.